The Kier molecular flexibility index (Phi) is 5.88. The summed E-state index contributed by atoms with van der Waals surface area (Å²) in [6.45, 7) is 6.06. The second-order valence-corrected chi connectivity index (χ2v) is 7.66. The second kappa shape index (κ2) is 8.71. The predicted molar refractivity (Wildman–Crippen MR) is 108 cm³/mol. The third-order valence-corrected chi connectivity index (χ3v) is 5.68. The second-order valence-electron chi connectivity index (χ2n) is 7.66. The first-order chi connectivity index (χ1) is 13.7. The molecule has 2 aliphatic heterocycles. The van der Waals surface area contributed by atoms with E-state index in [0.29, 0.717) is 11.5 Å². The Morgan fingerprint density at radius 3 is 2.57 bits per heavy atom. The van der Waals surface area contributed by atoms with E-state index in [9.17, 15) is 9.59 Å². The number of carbonyl (C=O) groups excluding carboxylic acids is 2. The molecule has 0 unspecified atom stereocenters. The zero-order chi connectivity index (χ0) is 19.3. The van der Waals surface area contributed by atoms with Crippen LogP contribution in [0.15, 0.2) is 42.5 Å². The maximum absolute atomic E-state index is 12.5. The van der Waals surface area contributed by atoms with Crippen molar-refractivity contribution >= 4 is 22.6 Å². The number of amides is 2. The Morgan fingerprint density at radius 1 is 1.04 bits per heavy atom. The van der Waals surface area contributed by atoms with E-state index >= 15 is 0 Å². The van der Waals surface area contributed by atoms with Gasteiger partial charge in [-0.15, -0.1) is 0 Å². The zero-order valence-electron chi connectivity index (χ0n) is 16.1. The minimum Gasteiger partial charge on any atom is -0.381 e. The van der Waals surface area contributed by atoms with Crippen molar-refractivity contribution < 1.29 is 14.3 Å². The highest BCUT2D eigenvalue weighted by Crippen LogP contribution is 2.16. The minimum absolute atomic E-state index is 0.0158. The smallest absolute Gasteiger partial charge is 0.251 e. The number of ether oxygens (including phenoxy) is 1. The standard InChI is InChI=1S/C22H27N3O3/c26-21(25-10-8-24(9-11-25)15-17-7-12-28-16-17)14-23-22(27)20-6-5-18-3-1-2-4-19(18)13-20/h1-6,13,17H,7-12,14-16H2,(H,23,27)/t17-/m1/s1. The van der Waals surface area contributed by atoms with Gasteiger partial charge >= 0.3 is 0 Å². The maximum Gasteiger partial charge on any atom is 0.251 e. The van der Waals surface area contributed by atoms with Crippen molar-refractivity contribution in [1.82, 2.24) is 15.1 Å². The molecule has 1 N–H and O–H groups in total. The van der Waals surface area contributed by atoms with E-state index < -0.39 is 0 Å². The number of hydrogen-bond acceptors (Lipinski definition) is 4. The van der Waals surface area contributed by atoms with Crippen molar-refractivity contribution in [3.63, 3.8) is 0 Å². The van der Waals surface area contributed by atoms with Crippen LogP contribution in [0.2, 0.25) is 0 Å². The van der Waals surface area contributed by atoms with E-state index in [1.165, 1.54) is 0 Å². The van der Waals surface area contributed by atoms with Crippen molar-refractivity contribution in [2.75, 3.05) is 52.5 Å². The molecule has 0 radical (unpaired) electrons. The molecule has 6 nitrogen and oxygen atoms in total. The topological polar surface area (TPSA) is 61.9 Å². The van der Waals surface area contributed by atoms with E-state index in [1.807, 2.05) is 41.3 Å². The Morgan fingerprint density at radius 2 is 1.82 bits per heavy atom. The molecule has 2 aliphatic rings. The largest absolute Gasteiger partial charge is 0.381 e. The van der Waals surface area contributed by atoms with Crippen molar-refractivity contribution in [1.29, 1.82) is 0 Å². The monoisotopic (exact) mass is 381 g/mol. The fourth-order valence-electron chi connectivity index (χ4n) is 3.97. The molecule has 2 fully saturated rings. The number of piperazine rings is 1. The molecular formula is C22H27N3O3. The first-order valence-electron chi connectivity index (χ1n) is 10.0. The summed E-state index contributed by atoms with van der Waals surface area (Å²) < 4.78 is 5.44. The minimum atomic E-state index is -0.209. The number of hydrogen-bond donors (Lipinski definition) is 1. The Labute approximate surface area is 165 Å². The van der Waals surface area contributed by atoms with Crippen LogP contribution in [0, 0.1) is 5.92 Å². The molecule has 2 aromatic rings. The lowest BCUT2D eigenvalue weighted by Gasteiger charge is -2.35. The van der Waals surface area contributed by atoms with Gasteiger partial charge in [0.15, 0.2) is 0 Å². The van der Waals surface area contributed by atoms with Gasteiger partial charge in [-0.1, -0.05) is 30.3 Å². The lowest BCUT2D eigenvalue weighted by Crippen LogP contribution is -2.52. The van der Waals surface area contributed by atoms with Crippen LogP contribution >= 0.6 is 0 Å². The molecule has 2 amide bonds. The Hall–Kier alpha value is -2.44. The van der Waals surface area contributed by atoms with Crippen LogP contribution in [0.3, 0.4) is 0 Å². The van der Waals surface area contributed by atoms with Crippen LogP contribution in [0.5, 0.6) is 0 Å². The molecule has 148 valence electrons. The van der Waals surface area contributed by atoms with E-state index in [4.69, 9.17) is 4.74 Å². The van der Waals surface area contributed by atoms with Gasteiger partial charge in [0.25, 0.3) is 5.91 Å². The molecule has 2 aromatic carbocycles. The molecule has 0 spiro atoms. The van der Waals surface area contributed by atoms with Crippen LogP contribution in [0.25, 0.3) is 10.8 Å². The molecule has 0 aromatic heterocycles. The van der Waals surface area contributed by atoms with Crippen LogP contribution < -0.4 is 5.32 Å². The summed E-state index contributed by atoms with van der Waals surface area (Å²) in [6, 6.07) is 13.5. The van der Waals surface area contributed by atoms with Gasteiger partial charge in [-0.25, -0.2) is 0 Å². The van der Waals surface area contributed by atoms with Crippen molar-refractivity contribution in [2.45, 2.75) is 6.42 Å². The molecule has 2 heterocycles. The van der Waals surface area contributed by atoms with Gasteiger partial charge in [0, 0.05) is 44.9 Å². The lowest BCUT2D eigenvalue weighted by molar-refractivity contribution is -0.131. The third kappa shape index (κ3) is 4.51. The molecule has 2 saturated heterocycles. The van der Waals surface area contributed by atoms with E-state index in [2.05, 4.69) is 10.2 Å². The molecule has 0 bridgehead atoms. The summed E-state index contributed by atoms with van der Waals surface area (Å²) in [5.74, 6) is 0.403. The highest BCUT2D eigenvalue weighted by Gasteiger charge is 2.24. The normalized spacial score (nSPS) is 20.4. The summed E-state index contributed by atoms with van der Waals surface area (Å²) in [6.07, 6.45) is 1.14. The number of nitrogens with zero attached hydrogens (tertiary/aromatic N) is 2. The average Bonchev–Trinajstić information content (AvgIpc) is 3.25. The SMILES string of the molecule is O=C(NCC(=O)N1CCN(C[C@H]2CCOC2)CC1)c1ccc2ccccc2c1. The van der Waals surface area contributed by atoms with Gasteiger partial charge in [-0.2, -0.15) is 0 Å². The number of benzene rings is 2. The fraction of sp³-hybridized carbons (Fsp3) is 0.455. The third-order valence-electron chi connectivity index (χ3n) is 5.68. The van der Waals surface area contributed by atoms with E-state index in [1.54, 1.807) is 6.07 Å². The summed E-state index contributed by atoms with van der Waals surface area (Å²) in [5.41, 5.74) is 0.579. The molecule has 1 atom stereocenters. The van der Waals surface area contributed by atoms with Crippen LogP contribution in [0.4, 0.5) is 0 Å². The molecular weight excluding hydrogens is 354 g/mol. The lowest BCUT2D eigenvalue weighted by atomic mass is 10.1. The van der Waals surface area contributed by atoms with Crippen LogP contribution in [-0.2, 0) is 9.53 Å². The first-order valence-corrected chi connectivity index (χ1v) is 10.0. The molecule has 28 heavy (non-hydrogen) atoms. The van der Waals surface area contributed by atoms with Crippen molar-refractivity contribution in [2.24, 2.45) is 5.92 Å². The van der Waals surface area contributed by atoms with Gasteiger partial charge in [-0.3, -0.25) is 14.5 Å². The predicted octanol–water partition coefficient (Wildman–Crippen LogP) is 1.75. The summed E-state index contributed by atoms with van der Waals surface area (Å²) in [4.78, 5) is 29.2. The highest BCUT2D eigenvalue weighted by molar-refractivity contribution is 6.00. The van der Waals surface area contributed by atoms with Crippen LogP contribution in [0.1, 0.15) is 16.8 Å². The van der Waals surface area contributed by atoms with E-state index in [0.717, 1.165) is 63.1 Å². The number of fused-ring (bicyclic) bond motifs is 1. The molecule has 0 saturated carbocycles. The first kappa shape index (κ1) is 18.9. The quantitative estimate of drug-likeness (QED) is 0.857. The van der Waals surface area contributed by atoms with E-state index in [-0.39, 0.29) is 18.4 Å². The fourth-order valence-corrected chi connectivity index (χ4v) is 3.97. The number of nitrogens with one attached hydrogen (secondary N) is 1. The Bertz CT molecular complexity index is 840. The van der Waals surface area contributed by atoms with Crippen molar-refractivity contribution in [3.8, 4) is 0 Å². The molecule has 4 rings (SSSR count). The van der Waals surface area contributed by atoms with Gasteiger partial charge in [0.2, 0.25) is 5.91 Å². The number of carbonyl (C=O) groups is 2. The summed E-state index contributed by atoms with van der Waals surface area (Å²) in [5, 5.41) is 4.88. The van der Waals surface area contributed by atoms with Gasteiger partial charge < -0.3 is 15.0 Å². The molecule has 6 heteroatoms. The van der Waals surface area contributed by atoms with Crippen molar-refractivity contribution in [3.05, 3.63) is 48.0 Å². The summed E-state index contributed by atoms with van der Waals surface area (Å²) in [7, 11) is 0. The highest BCUT2D eigenvalue weighted by atomic mass is 16.5. The number of rotatable bonds is 5. The Balaban J connectivity index is 1.24. The van der Waals surface area contributed by atoms with Gasteiger partial charge in [0.1, 0.15) is 0 Å². The summed E-state index contributed by atoms with van der Waals surface area (Å²) >= 11 is 0. The van der Waals surface area contributed by atoms with Crippen LogP contribution in [-0.4, -0.2) is 74.1 Å². The van der Waals surface area contributed by atoms with Gasteiger partial charge in [0.05, 0.1) is 13.2 Å². The molecule has 0 aliphatic carbocycles. The maximum atomic E-state index is 12.5. The van der Waals surface area contributed by atoms with Gasteiger partial charge in [-0.05, 0) is 35.2 Å². The average molecular weight is 381 g/mol. The zero-order valence-corrected chi connectivity index (χ0v) is 16.1.